The molecule has 1 amide bonds. The zero-order valence-corrected chi connectivity index (χ0v) is 19.2. The second-order valence-corrected chi connectivity index (χ2v) is 8.10. The van der Waals surface area contributed by atoms with Gasteiger partial charge >= 0.3 is 5.97 Å². The first-order valence-electron chi connectivity index (χ1n) is 8.57. The lowest BCUT2D eigenvalue weighted by Crippen LogP contribution is -2.18. The maximum Gasteiger partial charge on any atom is 0.338 e. The standard InChI is InChI=1S/C21H12Cl5NO4/c22-12-8-11(6-7-13(12)31-9-10-4-2-1-3-5-10)27-20(28)14-15(21(29)30)17(24)19(26)18(25)16(14)23/h1-8H,9H2,(H,27,28)(H,29,30). The Hall–Kier alpha value is -2.15. The topological polar surface area (TPSA) is 75.6 Å². The van der Waals surface area contributed by atoms with Gasteiger partial charge in [0.15, 0.2) is 0 Å². The molecule has 0 fully saturated rings. The van der Waals surface area contributed by atoms with Gasteiger partial charge in [-0.05, 0) is 23.8 Å². The summed E-state index contributed by atoms with van der Waals surface area (Å²) in [5.41, 5.74) is 0.251. The Morgan fingerprint density at radius 3 is 2.03 bits per heavy atom. The summed E-state index contributed by atoms with van der Waals surface area (Å²) in [5.74, 6) is -1.93. The summed E-state index contributed by atoms with van der Waals surface area (Å²) >= 11 is 30.2. The molecule has 0 unspecified atom stereocenters. The highest BCUT2D eigenvalue weighted by atomic mass is 35.5. The monoisotopic (exact) mass is 517 g/mol. The van der Waals surface area contributed by atoms with Crippen molar-refractivity contribution in [2.75, 3.05) is 5.32 Å². The summed E-state index contributed by atoms with van der Waals surface area (Å²) in [4.78, 5) is 24.4. The molecule has 10 heteroatoms. The maximum atomic E-state index is 12.8. The van der Waals surface area contributed by atoms with Crippen LogP contribution in [0.25, 0.3) is 0 Å². The van der Waals surface area contributed by atoms with Crippen LogP contribution in [0.3, 0.4) is 0 Å². The second kappa shape index (κ2) is 9.98. The lowest BCUT2D eigenvalue weighted by atomic mass is 10.1. The number of carbonyl (C=O) groups excluding carboxylic acids is 1. The van der Waals surface area contributed by atoms with Crippen molar-refractivity contribution in [1.29, 1.82) is 0 Å². The van der Waals surface area contributed by atoms with Crippen molar-refractivity contribution >= 4 is 75.6 Å². The first-order valence-corrected chi connectivity index (χ1v) is 10.5. The number of carbonyl (C=O) groups is 2. The van der Waals surface area contributed by atoms with Crippen molar-refractivity contribution < 1.29 is 19.4 Å². The normalized spacial score (nSPS) is 10.6. The van der Waals surface area contributed by atoms with E-state index in [1.54, 1.807) is 6.07 Å². The SMILES string of the molecule is O=C(O)c1c(Cl)c(Cl)c(Cl)c(Cl)c1C(=O)Nc1ccc(OCc2ccccc2)c(Cl)c1. The summed E-state index contributed by atoms with van der Waals surface area (Å²) < 4.78 is 5.69. The van der Waals surface area contributed by atoms with Crippen LogP contribution >= 0.6 is 58.0 Å². The number of carboxylic acids is 1. The summed E-state index contributed by atoms with van der Waals surface area (Å²) in [5, 5.41) is 11.0. The van der Waals surface area contributed by atoms with Crippen molar-refractivity contribution in [2.45, 2.75) is 6.61 Å². The molecule has 0 saturated heterocycles. The first-order chi connectivity index (χ1) is 14.7. The number of aromatic carboxylic acids is 1. The number of anilines is 1. The summed E-state index contributed by atoms with van der Waals surface area (Å²) in [7, 11) is 0. The van der Waals surface area contributed by atoms with Gasteiger partial charge in [-0.3, -0.25) is 4.79 Å². The molecule has 3 rings (SSSR count). The Balaban J connectivity index is 1.84. The molecule has 3 aromatic rings. The zero-order valence-electron chi connectivity index (χ0n) is 15.4. The number of benzene rings is 3. The minimum Gasteiger partial charge on any atom is -0.487 e. The molecule has 0 aliphatic rings. The van der Waals surface area contributed by atoms with Crippen molar-refractivity contribution in [3.63, 3.8) is 0 Å². The molecule has 2 N–H and O–H groups in total. The van der Waals surface area contributed by atoms with Gasteiger partial charge in [-0.25, -0.2) is 4.79 Å². The molecule has 0 aromatic heterocycles. The van der Waals surface area contributed by atoms with E-state index in [9.17, 15) is 14.7 Å². The Bertz CT molecular complexity index is 1170. The van der Waals surface area contributed by atoms with Crippen LogP contribution in [0.4, 0.5) is 5.69 Å². The fourth-order valence-corrected chi connectivity index (χ4v) is 3.92. The molecule has 160 valence electrons. The van der Waals surface area contributed by atoms with E-state index in [-0.39, 0.29) is 25.8 Å². The summed E-state index contributed by atoms with van der Waals surface area (Å²) in [6.45, 7) is 0.311. The number of hydrogen-bond acceptors (Lipinski definition) is 3. The fraction of sp³-hybridized carbons (Fsp3) is 0.0476. The van der Waals surface area contributed by atoms with Gasteiger partial charge in [0.2, 0.25) is 0 Å². The number of amides is 1. The fourth-order valence-electron chi connectivity index (χ4n) is 2.67. The van der Waals surface area contributed by atoms with Crippen LogP contribution in [-0.2, 0) is 6.61 Å². The van der Waals surface area contributed by atoms with E-state index in [4.69, 9.17) is 62.7 Å². The molecule has 0 spiro atoms. The van der Waals surface area contributed by atoms with E-state index in [1.165, 1.54) is 12.1 Å². The van der Waals surface area contributed by atoms with Crippen LogP contribution in [-0.4, -0.2) is 17.0 Å². The van der Waals surface area contributed by atoms with Gasteiger partial charge in [-0.15, -0.1) is 0 Å². The highest BCUT2D eigenvalue weighted by Crippen LogP contribution is 2.42. The van der Waals surface area contributed by atoms with Gasteiger partial charge < -0.3 is 15.2 Å². The van der Waals surface area contributed by atoms with E-state index in [2.05, 4.69) is 5.32 Å². The Morgan fingerprint density at radius 1 is 0.839 bits per heavy atom. The molecule has 31 heavy (non-hydrogen) atoms. The van der Waals surface area contributed by atoms with E-state index < -0.39 is 28.0 Å². The van der Waals surface area contributed by atoms with Crippen molar-refractivity contribution in [2.24, 2.45) is 0 Å². The van der Waals surface area contributed by atoms with E-state index in [0.29, 0.717) is 12.4 Å². The second-order valence-electron chi connectivity index (χ2n) is 6.18. The van der Waals surface area contributed by atoms with Gasteiger partial charge in [0.1, 0.15) is 12.4 Å². The Labute approximate surface area is 202 Å². The molecular formula is C21H12Cl5NO4. The lowest BCUT2D eigenvalue weighted by molar-refractivity contribution is 0.0692. The van der Waals surface area contributed by atoms with Gasteiger partial charge in [0, 0.05) is 5.69 Å². The molecule has 0 atom stereocenters. The van der Waals surface area contributed by atoms with Crippen LogP contribution in [0.2, 0.25) is 25.1 Å². The number of halogens is 5. The third-order valence-corrected chi connectivity index (χ3v) is 6.23. The Morgan fingerprint density at radius 2 is 1.45 bits per heavy atom. The van der Waals surface area contributed by atoms with Crippen molar-refractivity contribution in [1.82, 2.24) is 0 Å². The molecular weight excluding hydrogens is 507 g/mol. The maximum absolute atomic E-state index is 12.8. The third kappa shape index (κ3) is 5.20. The number of rotatable bonds is 6. The predicted octanol–water partition coefficient (Wildman–Crippen LogP) is 7.48. The molecule has 0 heterocycles. The average Bonchev–Trinajstić information content (AvgIpc) is 2.74. The van der Waals surface area contributed by atoms with Crippen LogP contribution in [0.5, 0.6) is 5.75 Å². The van der Waals surface area contributed by atoms with Gasteiger partial charge in [-0.1, -0.05) is 88.3 Å². The summed E-state index contributed by atoms with van der Waals surface area (Å²) in [6, 6.07) is 14.1. The smallest absolute Gasteiger partial charge is 0.338 e. The predicted molar refractivity (Wildman–Crippen MR) is 124 cm³/mol. The lowest BCUT2D eigenvalue weighted by Gasteiger charge is -2.15. The van der Waals surface area contributed by atoms with Crippen LogP contribution in [0, 0.1) is 0 Å². The van der Waals surface area contributed by atoms with Gasteiger partial charge in [0.05, 0.1) is 36.2 Å². The highest BCUT2D eigenvalue weighted by Gasteiger charge is 2.29. The first kappa shape index (κ1) is 23.5. The molecule has 0 saturated carbocycles. The minimum atomic E-state index is -1.49. The molecule has 0 radical (unpaired) electrons. The van der Waals surface area contributed by atoms with Crippen molar-refractivity contribution in [3.8, 4) is 5.75 Å². The highest BCUT2D eigenvalue weighted by molar-refractivity contribution is 6.54. The van der Waals surface area contributed by atoms with Gasteiger partial charge in [-0.2, -0.15) is 0 Å². The molecule has 0 bridgehead atoms. The number of ether oxygens (including phenoxy) is 1. The largest absolute Gasteiger partial charge is 0.487 e. The third-order valence-electron chi connectivity index (χ3n) is 4.13. The zero-order chi connectivity index (χ0) is 22.7. The molecule has 5 nitrogen and oxygen atoms in total. The van der Waals surface area contributed by atoms with Crippen LogP contribution < -0.4 is 10.1 Å². The summed E-state index contributed by atoms with van der Waals surface area (Å²) in [6.07, 6.45) is 0. The molecule has 0 aliphatic carbocycles. The van der Waals surface area contributed by atoms with Gasteiger partial charge in [0.25, 0.3) is 5.91 Å². The number of hydrogen-bond donors (Lipinski definition) is 2. The van der Waals surface area contributed by atoms with E-state index >= 15 is 0 Å². The number of nitrogens with one attached hydrogen (secondary N) is 1. The Kier molecular flexibility index (Phi) is 7.57. The average molecular weight is 520 g/mol. The van der Waals surface area contributed by atoms with E-state index in [1.807, 2.05) is 30.3 Å². The van der Waals surface area contributed by atoms with Crippen LogP contribution in [0.1, 0.15) is 26.3 Å². The number of carboxylic acid groups (broad SMARTS) is 1. The quantitative estimate of drug-likeness (QED) is 0.261. The minimum absolute atomic E-state index is 0.230. The van der Waals surface area contributed by atoms with Crippen molar-refractivity contribution in [3.05, 3.63) is 90.3 Å². The molecule has 0 aliphatic heterocycles. The van der Waals surface area contributed by atoms with Crippen LogP contribution in [0.15, 0.2) is 48.5 Å². The van der Waals surface area contributed by atoms with E-state index in [0.717, 1.165) is 5.56 Å². The molecule has 3 aromatic carbocycles.